The van der Waals surface area contributed by atoms with Crippen molar-refractivity contribution in [1.29, 1.82) is 0 Å². The van der Waals surface area contributed by atoms with Crippen LogP contribution >= 0.6 is 11.6 Å². The third-order valence-corrected chi connectivity index (χ3v) is 3.21. The van der Waals surface area contributed by atoms with Gasteiger partial charge in [-0.05, 0) is 49.9 Å². The van der Waals surface area contributed by atoms with Crippen LogP contribution in [-0.4, -0.2) is 11.4 Å². The molecule has 1 aromatic rings. The third kappa shape index (κ3) is 2.97. The SMILES string of the molecule is Cc1c(CCl)ccc(C(C)OC(C)O)c1C. The second kappa shape index (κ2) is 5.67. The summed E-state index contributed by atoms with van der Waals surface area (Å²) in [5, 5.41) is 9.20. The first-order valence-corrected chi connectivity index (χ1v) is 5.99. The smallest absolute Gasteiger partial charge is 0.152 e. The summed E-state index contributed by atoms with van der Waals surface area (Å²) in [6.45, 7) is 7.68. The first-order valence-electron chi connectivity index (χ1n) is 5.45. The van der Waals surface area contributed by atoms with Crippen molar-refractivity contribution in [3.8, 4) is 0 Å². The van der Waals surface area contributed by atoms with Crippen LogP contribution in [0.4, 0.5) is 0 Å². The predicted octanol–water partition coefficient (Wildman–Crippen LogP) is 3.46. The Morgan fingerprint density at radius 1 is 1.25 bits per heavy atom. The van der Waals surface area contributed by atoms with Gasteiger partial charge in [0.25, 0.3) is 0 Å². The fourth-order valence-electron chi connectivity index (χ4n) is 1.85. The average molecular weight is 243 g/mol. The van der Waals surface area contributed by atoms with Crippen molar-refractivity contribution in [2.75, 3.05) is 0 Å². The van der Waals surface area contributed by atoms with Gasteiger partial charge < -0.3 is 9.84 Å². The van der Waals surface area contributed by atoms with E-state index in [-0.39, 0.29) is 6.10 Å². The topological polar surface area (TPSA) is 29.5 Å². The third-order valence-electron chi connectivity index (χ3n) is 2.92. The van der Waals surface area contributed by atoms with E-state index >= 15 is 0 Å². The van der Waals surface area contributed by atoms with Gasteiger partial charge in [-0.2, -0.15) is 0 Å². The zero-order valence-electron chi connectivity index (χ0n) is 10.2. The van der Waals surface area contributed by atoms with E-state index in [1.807, 2.05) is 19.1 Å². The van der Waals surface area contributed by atoms with Crippen LogP contribution in [0.15, 0.2) is 12.1 Å². The summed E-state index contributed by atoms with van der Waals surface area (Å²) in [7, 11) is 0. The highest BCUT2D eigenvalue weighted by atomic mass is 35.5. The summed E-state index contributed by atoms with van der Waals surface area (Å²) in [4.78, 5) is 0. The van der Waals surface area contributed by atoms with Crippen LogP contribution in [0, 0.1) is 13.8 Å². The van der Waals surface area contributed by atoms with Crippen molar-refractivity contribution in [3.63, 3.8) is 0 Å². The van der Waals surface area contributed by atoms with E-state index in [9.17, 15) is 5.11 Å². The standard InChI is InChI=1S/C13H19ClO2/c1-8-9(2)13(6-5-12(8)7-14)10(3)16-11(4)15/h5-6,10-11,15H,7H2,1-4H3. The molecular formula is C13H19ClO2. The summed E-state index contributed by atoms with van der Waals surface area (Å²) < 4.78 is 5.37. The molecule has 0 saturated heterocycles. The van der Waals surface area contributed by atoms with Gasteiger partial charge >= 0.3 is 0 Å². The van der Waals surface area contributed by atoms with Crippen molar-refractivity contribution in [2.24, 2.45) is 0 Å². The summed E-state index contributed by atoms with van der Waals surface area (Å²) >= 11 is 5.85. The number of hydrogen-bond donors (Lipinski definition) is 1. The van der Waals surface area contributed by atoms with E-state index in [1.54, 1.807) is 6.92 Å². The van der Waals surface area contributed by atoms with Gasteiger partial charge in [0.05, 0.1) is 6.10 Å². The minimum Gasteiger partial charge on any atom is -0.368 e. The molecule has 0 aliphatic heterocycles. The number of ether oxygens (including phenoxy) is 1. The van der Waals surface area contributed by atoms with Crippen LogP contribution in [0.25, 0.3) is 0 Å². The van der Waals surface area contributed by atoms with E-state index in [0.29, 0.717) is 5.88 Å². The molecule has 90 valence electrons. The molecule has 0 saturated carbocycles. The lowest BCUT2D eigenvalue weighted by Gasteiger charge is -2.20. The number of aliphatic hydroxyl groups is 1. The molecule has 0 aliphatic carbocycles. The molecule has 2 atom stereocenters. The molecule has 0 amide bonds. The monoisotopic (exact) mass is 242 g/mol. The maximum atomic E-state index is 9.20. The van der Waals surface area contributed by atoms with Crippen molar-refractivity contribution >= 4 is 11.6 Å². The Labute approximate surface area is 102 Å². The number of alkyl halides is 1. The molecule has 0 aliphatic rings. The second-order valence-corrected chi connectivity index (χ2v) is 4.34. The van der Waals surface area contributed by atoms with Gasteiger partial charge in [-0.25, -0.2) is 0 Å². The molecule has 1 rings (SSSR count). The zero-order valence-corrected chi connectivity index (χ0v) is 11.0. The first kappa shape index (κ1) is 13.5. The van der Waals surface area contributed by atoms with Gasteiger partial charge in [-0.15, -0.1) is 11.6 Å². The Kier molecular flexibility index (Phi) is 4.78. The van der Waals surface area contributed by atoms with E-state index in [2.05, 4.69) is 13.8 Å². The number of benzene rings is 1. The first-order chi connectivity index (χ1) is 7.47. The van der Waals surface area contributed by atoms with Crippen LogP contribution in [-0.2, 0) is 10.6 Å². The lowest BCUT2D eigenvalue weighted by molar-refractivity contribution is -0.120. The number of hydrogen-bond acceptors (Lipinski definition) is 2. The van der Waals surface area contributed by atoms with E-state index < -0.39 is 6.29 Å². The highest BCUT2D eigenvalue weighted by molar-refractivity contribution is 6.17. The van der Waals surface area contributed by atoms with E-state index in [0.717, 1.165) is 11.1 Å². The number of aliphatic hydroxyl groups excluding tert-OH is 1. The summed E-state index contributed by atoms with van der Waals surface area (Å²) in [6.07, 6.45) is -0.856. The van der Waals surface area contributed by atoms with Crippen molar-refractivity contribution in [1.82, 2.24) is 0 Å². The Morgan fingerprint density at radius 2 is 1.88 bits per heavy atom. The summed E-state index contributed by atoms with van der Waals surface area (Å²) in [5.41, 5.74) is 4.64. The van der Waals surface area contributed by atoms with Crippen LogP contribution in [0.3, 0.4) is 0 Å². The molecule has 2 unspecified atom stereocenters. The number of rotatable bonds is 4. The minimum atomic E-state index is -0.748. The quantitative estimate of drug-likeness (QED) is 0.647. The zero-order chi connectivity index (χ0) is 12.3. The summed E-state index contributed by atoms with van der Waals surface area (Å²) in [5.74, 6) is 0.526. The maximum Gasteiger partial charge on any atom is 0.152 e. The van der Waals surface area contributed by atoms with Crippen molar-refractivity contribution in [2.45, 2.75) is 46.0 Å². The molecule has 2 nitrogen and oxygen atoms in total. The second-order valence-electron chi connectivity index (χ2n) is 4.08. The normalized spacial score (nSPS) is 14.9. The van der Waals surface area contributed by atoms with Crippen LogP contribution in [0.5, 0.6) is 0 Å². The Bertz CT molecular complexity index is 361. The molecule has 3 heteroatoms. The van der Waals surface area contributed by atoms with Gasteiger partial charge in [0, 0.05) is 5.88 Å². The van der Waals surface area contributed by atoms with Gasteiger partial charge in [0.2, 0.25) is 0 Å². The molecule has 0 spiro atoms. The fraction of sp³-hybridized carbons (Fsp3) is 0.538. The highest BCUT2D eigenvalue weighted by Gasteiger charge is 2.13. The van der Waals surface area contributed by atoms with Crippen LogP contribution < -0.4 is 0 Å². The van der Waals surface area contributed by atoms with Gasteiger partial charge in [0.15, 0.2) is 6.29 Å². The van der Waals surface area contributed by atoms with Gasteiger partial charge in [-0.1, -0.05) is 12.1 Å². The lowest BCUT2D eigenvalue weighted by atomic mass is 9.96. The lowest BCUT2D eigenvalue weighted by Crippen LogP contribution is -2.12. The number of halogens is 1. The molecule has 1 N–H and O–H groups in total. The largest absolute Gasteiger partial charge is 0.368 e. The molecule has 0 heterocycles. The Hall–Kier alpha value is -0.570. The van der Waals surface area contributed by atoms with Crippen molar-refractivity contribution < 1.29 is 9.84 Å². The molecule has 0 bridgehead atoms. The van der Waals surface area contributed by atoms with E-state index in [4.69, 9.17) is 16.3 Å². The molecule has 1 aromatic carbocycles. The fourth-order valence-corrected chi connectivity index (χ4v) is 2.14. The van der Waals surface area contributed by atoms with Gasteiger partial charge in [-0.3, -0.25) is 0 Å². The van der Waals surface area contributed by atoms with E-state index in [1.165, 1.54) is 11.1 Å². The van der Waals surface area contributed by atoms with Gasteiger partial charge in [0.1, 0.15) is 0 Å². The Balaban J connectivity index is 3.02. The molecule has 16 heavy (non-hydrogen) atoms. The summed E-state index contributed by atoms with van der Waals surface area (Å²) in [6, 6.07) is 4.04. The molecular weight excluding hydrogens is 224 g/mol. The molecule has 0 radical (unpaired) electrons. The maximum absolute atomic E-state index is 9.20. The highest BCUT2D eigenvalue weighted by Crippen LogP contribution is 2.26. The Morgan fingerprint density at radius 3 is 2.38 bits per heavy atom. The minimum absolute atomic E-state index is 0.108. The van der Waals surface area contributed by atoms with Crippen molar-refractivity contribution in [3.05, 3.63) is 34.4 Å². The molecule has 0 fully saturated rings. The van der Waals surface area contributed by atoms with Crippen LogP contribution in [0.1, 0.15) is 42.2 Å². The predicted molar refractivity (Wildman–Crippen MR) is 66.7 cm³/mol. The average Bonchev–Trinajstić information content (AvgIpc) is 2.20. The van der Waals surface area contributed by atoms with Crippen LogP contribution in [0.2, 0.25) is 0 Å². The molecule has 0 aromatic heterocycles.